The number of carbonyl (C=O) groups excluding carboxylic acids is 1. The number of benzene rings is 1. The maximum absolute atomic E-state index is 12.1. The summed E-state index contributed by atoms with van der Waals surface area (Å²) in [7, 11) is 0. The Kier molecular flexibility index (Phi) is 5.41. The van der Waals surface area contributed by atoms with Crippen LogP contribution in [0.2, 0.25) is 0 Å². The Morgan fingerprint density at radius 1 is 1.30 bits per heavy atom. The van der Waals surface area contributed by atoms with Gasteiger partial charge in [-0.15, -0.1) is 0 Å². The van der Waals surface area contributed by atoms with E-state index < -0.39 is 0 Å². The summed E-state index contributed by atoms with van der Waals surface area (Å²) >= 11 is 0. The summed E-state index contributed by atoms with van der Waals surface area (Å²) in [4.78, 5) is 12.1. The SMILES string of the molecule is CC1CCCCC1NC(=O)NC(CO)c1ccccc1. The lowest BCUT2D eigenvalue weighted by Crippen LogP contribution is -2.47. The molecule has 0 saturated heterocycles. The van der Waals surface area contributed by atoms with Gasteiger partial charge in [0.1, 0.15) is 0 Å². The molecule has 2 rings (SSSR count). The minimum atomic E-state index is -0.352. The number of aliphatic hydroxyl groups excluding tert-OH is 1. The van der Waals surface area contributed by atoms with Crippen molar-refractivity contribution in [2.24, 2.45) is 5.92 Å². The lowest BCUT2D eigenvalue weighted by atomic mass is 9.86. The van der Waals surface area contributed by atoms with E-state index in [-0.39, 0.29) is 24.7 Å². The van der Waals surface area contributed by atoms with E-state index >= 15 is 0 Å². The van der Waals surface area contributed by atoms with Gasteiger partial charge in [-0.3, -0.25) is 0 Å². The molecule has 1 saturated carbocycles. The van der Waals surface area contributed by atoms with E-state index in [0.29, 0.717) is 5.92 Å². The van der Waals surface area contributed by atoms with Crippen molar-refractivity contribution in [1.82, 2.24) is 10.6 Å². The smallest absolute Gasteiger partial charge is 0.315 e. The van der Waals surface area contributed by atoms with Gasteiger partial charge in [0.15, 0.2) is 0 Å². The van der Waals surface area contributed by atoms with Crippen LogP contribution in [0.25, 0.3) is 0 Å². The first-order valence-corrected chi connectivity index (χ1v) is 7.43. The summed E-state index contributed by atoms with van der Waals surface area (Å²) in [5, 5.41) is 15.3. The Bertz CT molecular complexity index is 422. The quantitative estimate of drug-likeness (QED) is 0.791. The summed E-state index contributed by atoms with van der Waals surface area (Å²) in [6.45, 7) is 2.09. The molecule has 20 heavy (non-hydrogen) atoms. The van der Waals surface area contributed by atoms with E-state index in [2.05, 4.69) is 17.6 Å². The monoisotopic (exact) mass is 276 g/mol. The molecule has 3 unspecified atom stereocenters. The molecule has 0 spiro atoms. The Morgan fingerprint density at radius 2 is 2.00 bits per heavy atom. The van der Waals surface area contributed by atoms with E-state index in [4.69, 9.17) is 0 Å². The zero-order valence-corrected chi connectivity index (χ0v) is 12.0. The van der Waals surface area contributed by atoms with Gasteiger partial charge in [-0.2, -0.15) is 0 Å². The second-order valence-electron chi connectivity index (χ2n) is 5.63. The topological polar surface area (TPSA) is 61.4 Å². The molecule has 0 bridgehead atoms. The van der Waals surface area contributed by atoms with Crippen molar-refractivity contribution in [1.29, 1.82) is 0 Å². The van der Waals surface area contributed by atoms with Gasteiger partial charge < -0.3 is 15.7 Å². The van der Waals surface area contributed by atoms with Crippen molar-refractivity contribution >= 4 is 6.03 Å². The van der Waals surface area contributed by atoms with Gasteiger partial charge in [0.2, 0.25) is 0 Å². The molecule has 3 N–H and O–H groups in total. The van der Waals surface area contributed by atoms with Crippen LogP contribution in [0.3, 0.4) is 0 Å². The average Bonchev–Trinajstić information content (AvgIpc) is 2.48. The highest BCUT2D eigenvalue weighted by Crippen LogP contribution is 2.23. The van der Waals surface area contributed by atoms with Crippen LogP contribution in [0.15, 0.2) is 30.3 Å². The van der Waals surface area contributed by atoms with E-state index in [9.17, 15) is 9.90 Å². The van der Waals surface area contributed by atoms with E-state index in [1.807, 2.05) is 30.3 Å². The van der Waals surface area contributed by atoms with Crippen molar-refractivity contribution in [3.05, 3.63) is 35.9 Å². The Labute approximate surface area is 120 Å². The fourth-order valence-electron chi connectivity index (χ4n) is 2.82. The molecule has 110 valence electrons. The van der Waals surface area contributed by atoms with Crippen LogP contribution in [0.5, 0.6) is 0 Å². The number of hydrogen-bond donors (Lipinski definition) is 3. The summed E-state index contributed by atoms with van der Waals surface area (Å²) in [5.74, 6) is 0.527. The summed E-state index contributed by atoms with van der Waals surface area (Å²) in [6.07, 6.45) is 4.65. The third kappa shape index (κ3) is 3.97. The fourth-order valence-corrected chi connectivity index (χ4v) is 2.82. The van der Waals surface area contributed by atoms with Gasteiger partial charge in [-0.1, -0.05) is 50.1 Å². The fraction of sp³-hybridized carbons (Fsp3) is 0.562. The molecular weight excluding hydrogens is 252 g/mol. The molecule has 3 atom stereocenters. The number of aliphatic hydroxyl groups is 1. The van der Waals surface area contributed by atoms with Gasteiger partial charge >= 0.3 is 6.03 Å². The van der Waals surface area contributed by atoms with Crippen LogP contribution >= 0.6 is 0 Å². The van der Waals surface area contributed by atoms with Crippen LogP contribution < -0.4 is 10.6 Å². The van der Waals surface area contributed by atoms with Gasteiger partial charge in [0, 0.05) is 6.04 Å². The molecule has 0 aliphatic heterocycles. The van der Waals surface area contributed by atoms with Crippen LogP contribution in [0.4, 0.5) is 4.79 Å². The summed E-state index contributed by atoms with van der Waals surface area (Å²) < 4.78 is 0. The predicted molar refractivity (Wildman–Crippen MR) is 79.4 cm³/mol. The minimum absolute atomic E-state index is 0.0996. The molecular formula is C16H24N2O2. The Balaban J connectivity index is 1.89. The van der Waals surface area contributed by atoms with Crippen LogP contribution in [0, 0.1) is 5.92 Å². The van der Waals surface area contributed by atoms with Gasteiger partial charge in [-0.05, 0) is 24.3 Å². The zero-order chi connectivity index (χ0) is 14.4. The standard InChI is InChI=1S/C16H24N2O2/c1-12-7-5-6-10-14(12)17-16(20)18-15(11-19)13-8-3-2-4-9-13/h2-4,8-9,12,14-15,19H,5-7,10-11H2,1H3,(H2,17,18,20). The largest absolute Gasteiger partial charge is 0.394 e. The Morgan fingerprint density at radius 3 is 2.65 bits per heavy atom. The van der Waals surface area contributed by atoms with Crippen molar-refractivity contribution in [3.63, 3.8) is 0 Å². The van der Waals surface area contributed by atoms with E-state index in [1.54, 1.807) is 0 Å². The number of hydrogen-bond acceptors (Lipinski definition) is 2. The van der Waals surface area contributed by atoms with Crippen molar-refractivity contribution < 1.29 is 9.90 Å². The van der Waals surface area contributed by atoms with Crippen LogP contribution in [-0.2, 0) is 0 Å². The van der Waals surface area contributed by atoms with Crippen molar-refractivity contribution in [3.8, 4) is 0 Å². The predicted octanol–water partition coefficient (Wildman–Crippen LogP) is 2.60. The Hall–Kier alpha value is -1.55. The third-order valence-electron chi connectivity index (χ3n) is 4.12. The number of rotatable bonds is 4. The molecule has 4 nitrogen and oxygen atoms in total. The van der Waals surface area contributed by atoms with Crippen molar-refractivity contribution in [2.75, 3.05) is 6.61 Å². The second-order valence-corrected chi connectivity index (χ2v) is 5.63. The minimum Gasteiger partial charge on any atom is -0.394 e. The first kappa shape index (κ1) is 14.9. The number of carbonyl (C=O) groups is 1. The van der Waals surface area contributed by atoms with Crippen LogP contribution in [-0.4, -0.2) is 23.8 Å². The molecule has 1 aromatic rings. The number of nitrogens with one attached hydrogen (secondary N) is 2. The van der Waals surface area contributed by atoms with Gasteiger partial charge in [0.25, 0.3) is 0 Å². The lowest BCUT2D eigenvalue weighted by molar-refractivity contribution is 0.204. The highest BCUT2D eigenvalue weighted by Gasteiger charge is 2.23. The van der Waals surface area contributed by atoms with Gasteiger partial charge in [-0.25, -0.2) is 4.79 Å². The molecule has 4 heteroatoms. The zero-order valence-electron chi connectivity index (χ0n) is 12.0. The molecule has 1 aromatic carbocycles. The molecule has 0 heterocycles. The first-order chi connectivity index (χ1) is 9.70. The number of amides is 2. The maximum Gasteiger partial charge on any atom is 0.315 e. The van der Waals surface area contributed by atoms with E-state index in [1.165, 1.54) is 19.3 Å². The van der Waals surface area contributed by atoms with E-state index in [0.717, 1.165) is 12.0 Å². The van der Waals surface area contributed by atoms with Crippen LogP contribution in [0.1, 0.15) is 44.2 Å². The third-order valence-corrected chi connectivity index (χ3v) is 4.12. The molecule has 1 aliphatic rings. The molecule has 1 aliphatic carbocycles. The first-order valence-electron chi connectivity index (χ1n) is 7.43. The number of urea groups is 1. The normalized spacial score (nSPS) is 23.9. The second kappa shape index (κ2) is 7.29. The molecule has 0 radical (unpaired) electrons. The highest BCUT2D eigenvalue weighted by atomic mass is 16.3. The summed E-state index contributed by atoms with van der Waals surface area (Å²) in [6, 6.07) is 9.25. The van der Waals surface area contributed by atoms with Gasteiger partial charge in [0.05, 0.1) is 12.6 Å². The highest BCUT2D eigenvalue weighted by molar-refractivity contribution is 5.74. The molecule has 1 fully saturated rings. The van der Waals surface area contributed by atoms with Crippen molar-refractivity contribution in [2.45, 2.75) is 44.7 Å². The maximum atomic E-state index is 12.1. The summed E-state index contributed by atoms with van der Waals surface area (Å²) in [5.41, 5.74) is 0.918. The average molecular weight is 276 g/mol. The molecule has 2 amide bonds. The lowest BCUT2D eigenvalue weighted by Gasteiger charge is -2.30. The molecule has 0 aromatic heterocycles.